The average Bonchev–Trinajstić information content (AvgIpc) is 3.10. The first-order valence-electron chi connectivity index (χ1n) is 8.95. The summed E-state index contributed by atoms with van der Waals surface area (Å²) in [6.07, 6.45) is 8.17. The maximum atomic E-state index is 12.3. The summed E-state index contributed by atoms with van der Waals surface area (Å²) < 4.78 is 0. The molecule has 4 rings (SSSR count). The van der Waals surface area contributed by atoms with E-state index >= 15 is 0 Å². The van der Waals surface area contributed by atoms with Gasteiger partial charge in [-0.15, -0.1) is 0 Å². The first-order chi connectivity index (χ1) is 11.8. The molecule has 1 saturated carbocycles. The van der Waals surface area contributed by atoms with Crippen LogP contribution in [0.15, 0.2) is 36.5 Å². The lowest BCUT2D eigenvalue weighted by molar-refractivity contribution is -0.130. The second-order valence-electron chi connectivity index (χ2n) is 6.87. The number of hydrogen-bond donors (Lipinski definition) is 3. The maximum absolute atomic E-state index is 12.3. The number of fused-ring (bicyclic) bond motifs is 1. The summed E-state index contributed by atoms with van der Waals surface area (Å²) in [5.41, 5.74) is 2.18. The van der Waals surface area contributed by atoms with Gasteiger partial charge in [-0.25, -0.2) is 4.98 Å². The minimum atomic E-state index is 0.0575. The standard InChI is InChI=1S/C19H24N4O/c24-19-14-8-4-5-9-15(14)21-18(23-19)11-10-17-20-12-16(22-17)13-6-2-1-3-7-13/h1-3,6-7,12,14-15,18,21H,4-5,8-11H2,(H,20,22)(H,23,24). The van der Waals surface area contributed by atoms with Gasteiger partial charge in [-0.1, -0.05) is 43.2 Å². The van der Waals surface area contributed by atoms with E-state index in [2.05, 4.69) is 32.7 Å². The van der Waals surface area contributed by atoms with Crippen molar-refractivity contribution in [3.05, 3.63) is 42.4 Å². The Labute approximate surface area is 142 Å². The molecule has 3 N–H and O–H groups in total. The van der Waals surface area contributed by atoms with E-state index in [-0.39, 0.29) is 18.0 Å². The Bertz CT molecular complexity index is 696. The van der Waals surface area contributed by atoms with Crippen LogP contribution in [0.25, 0.3) is 11.3 Å². The molecule has 1 aliphatic carbocycles. The first-order valence-corrected chi connectivity index (χ1v) is 8.95. The van der Waals surface area contributed by atoms with Gasteiger partial charge < -0.3 is 10.3 Å². The van der Waals surface area contributed by atoms with Crippen molar-refractivity contribution in [3.63, 3.8) is 0 Å². The fourth-order valence-corrected chi connectivity index (χ4v) is 3.91. The normalized spacial score (nSPS) is 26.7. The van der Waals surface area contributed by atoms with E-state index < -0.39 is 0 Å². The molecule has 126 valence electrons. The molecule has 1 aromatic carbocycles. The molecule has 5 nitrogen and oxygen atoms in total. The molecular weight excluding hydrogens is 300 g/mol. The SMILES string of the molecule is O=C1NC(CCc2ncc(-c3ccccc3)[nH]2)NC2CCCCC12. The van der Waals surface area contributed by atoms with Crippen LogP contribution in [0.4, 0.5) is 0 Å². The number of carbonyl (C=O) groups is 1. The van der Waals surface area contributed by atoms with Gasteiger partial charge in [0.15, 0.2) is 0 Å². The lowest BCUT2D eigenvalue weighted by atomic mass is 9.82. The fourth-order valence-electron chi connectivity index (χ4n) is 3.91. The highest BCUT2D eigenvalue weighted by Crippen LogP contribution is 2.27. The number of imidazole rings is 1. The Morgan fingerprint density at radius 2 is 1.96 bits per heavy atom. The molecule has 2 aromatic rings. The molecular formula is C19H24N4O. The number of nitrogens with one attached hydrogen (secondary N) is 3. The molecule has 2 heterocycles. The summed E-state index contributed by atoms with van der Waals surface area (Å²) in [7, 11) is 0. The highest BCUT2D eigenvalue weighted by Gasteiger charge is 2.36. The second-order valence-corrected chi connectivity index (χ2v) is 6.87. The van der Waals surface area contributed by atoms with Crippen molar-refractivity contribution in [2.24, 2.45) is 5.92 Å². The van der Waals surface area contributed by atoms with Crippen molar-refractivity contribution in [2.75, 3.05) is 0 Å². The highest BCUT2D eigenvalue weighted by atomic mass is 16.2. The molecule has 24 heavy (non-hydrogen) atoms. The van der Waals surface area contributed by atoms with E-state index in [0.29, 0.717) is 6.04 Å². The topological polar surface area (TPSA) is 69.8 Å². The highest BCUT2D eigenvalue weighted by molar-refractivity contribution is 5.80. The summed E-state index contributed by atoms with van der Waals surface area (Å²) in [6, 6.07) is 10.6. The number of H-pyrrole nitrogens is 1. The maximum Gasteiger partial charge on any atom is 0.225 e. The van der Waals surface area contributed by atoms with E-state index in [1.165, 1.54) is 12.8 Å². The van der Waals surface area contributed by atoms with Crippen molar-refractivity contribution in [1.82, 2.24) is 20.6 Å². The molecule has 0 radical (unpaired) electrons. The number of aromatic nitrogens is 2. The summed E-state index contributed by atoms with van der Waals surface area (Å²) in [6.45, 7) is 0. The Kier molecular flexibility index (Phi) is 4.34. The van der Waals surface area contributed by atoms with Gasteiger partial charge in [-0.3, -0.25) is 10.1 Å². The van der Waals surface area contributed by atoms with Gasteiger partial charge in [0.1, 0.15) is 5.82 Å². The molecule has 3 unspecified atom stereocenters. The predicted octanol–water partition coefficient (Wildman–Crippen LogP) is 2.61. The summed E-state index contributed by atoms with van der Waals surface area (Å²) in [5, 5.41) is 6.75. The number of rotatable bonds is 4. The van der Waals surface area contributed by atoms with Gasteiger partial charge in [-0.05, 0) is 24.8 Å². The molecule has 5 heteroatoms. The average molecular weight is 324 g/mol. The number of aryl methyl sites for hydroxylation is 1. The van der Waals surface area contributed by atoms with E-state index in [9.17, 15) is 4.79 Å². The van der Waals surface area contributed by atoms with Crippen LogP contribution in [0.2, 0.25) is 0 Å². The minimum absolute atomic E-state index is 0.0575. The van der Waals surface area contributed by atoms with Crippen LogP contribution >= 0.6 is 0 Å². The smallest absolute Gasteiger partial charge is 0.225 e. The Morgan fingerprint density at radius 1 is 1.12 bits per heavy atom. The lowest BCUT2D eigenvalue weighted by Gasteiger charge is -2.40. The van der Waals surface area contributed by atoms with Crippen molar-refractivity contribution < 1.29 is 4.79 Å². The van der Waals surface area contributed by atoms with Crippen LogP contribution in [0, 0.1) is 5.92 Å². The molecule has 3 atom stereocenters. The van der Waals surface area contributed by atoms with Crippen LogP contribution in [0.5, 0.6) is 0 Å². The molecule has 1 aromatic heterocycles. The molecule has 0 bridgehead atoms. The zero-order valence-electron chi connectivity index (χ0n) is 13.8. The van der Waals surface area contributed by atoms with Crippen LogP contribution in [0.3, 0.4) is 0 Å². The Morgan fingerprint density at radius 3 is 2.83 bits per heavy atom. The summed E-state index contributed by atoms with van der Waals surface area (Å²) in [4.78, 5) is 20.1. The number of nitrogens with zero attached hydrogens (tertiary/aromatic N) is 1. The second kappa shape index (κ2) is 6.77. The third-order valence-electron chi connectivity index (χ3n) is 5.22. The lowest BCUT2D eigenvalue weighted by Crippen LogP contribution is -2.62. The van der Waals surface area contributed by atoms with Crippen LogP contribution in [-0.4, -0.2) is 28.1 Å². The van der Waals surface area contributed by atoms with Crippen LogP contribution in [-0.2, 0) is 11.2 Å². The number of carbonyl (C=O) groups excluding carboxylic acids is 1. The molecule has 1 saturated heterocycles. The predicted molar refractivity (Wildman–Crippen MR) is 93.2 cm³/mol. The summed E-state index contributed by atoms with van der Waals surface area (Å²) in [5.74, 6) is 1.37. The van der Waals surface area contributed by atoms with Gasteiger partial charge in [0.2, 0.25) is 5.91 Å². The number of benzene rings is 1. The van der Waals surface area contributed by atoms with Crippen molar-refractivity contribution >= 4 is 5.91 Å². The molecule has 2 aliphatic rings. The molecule has 2 fully saturated rings. The third kappa shape index (κ3) is 3.22. The number of amides is 1. The fraction of sp³-hybridized carbons (Fsp3) is 0.474. The molecule has 1 amide bonds. The van der Waals surface area contributed by atoms with Crippen LogP contribution in [0.1, 0.15) is 37.9 Å². The quantitative estimate of drug-likeness (QED) is 0.810. The Hall–Kier alpha value is -2.14. The van der Waals surface area contributed by atoms with Crippen LogP contribution < -0.4 is 10.6 Å². The minimum Gasteiger partial charge on any atom is -0.342 e. The molecule has 1 aliphatic heterocycles. The third-order valence-corrected chi connectivity index (χ3v) is 5.22. The van der Waals surface area contributed by atoms with Crippen molar-refractivity contribution in [3.8, 4) is 11.3 Å². The van der Waals surface area contributed by atoms with Crippen molar-refractivity contribution in [1.29, 1.82) is 0 Å². The number of aromatic amines is 1. The molecule has 0 spiro atoms. The Balaban J connectivity index is 1.35. The van der Waals surface area contributed by atoms with E-state index in [1.807, 2.05) is 24.4 Å². The first kappa shape index (κ1) is 15.4. The van der Waals surface area contributed by atoms with E-state index in [0.717, 1.165) is 42.8 Å². The van der Waals surface area contributed by atoms with E-state index in [1.54, 1.807) is 0 Å². The van der Waals surface area contributed by atoms with Gasteiger partial charge in [-0.2, -0.15) is 0 Å². The van der Waals surface area contributed by atoms with Gasteiger partial charge >= 0.3 is 0 Å². The largest absolute Gasteiger partial charge is 0.342 e. The summed E-state index contributed by atoms with van der Waals surface area (Å²) >= 11 is 0. The zero-order valence-corrected chi connectivity index (χ0v) is 13.8. The van der Waals surface area contributed by atoms with Gasteiger partial charge in [0.05, 0.1) is 24.0 Å². The van der Waals surface area contributed by atoms with Gasteiger partial charge in [0, 0.05) is 12.5 Å². The number of hydrogen-bond acceptors (Lipinski definition) is 3. The zero-order chi connectivity index (χ0) is 16.4. The monoisotopic (exact) mass is 324 g/mol. The van der Waals surface area contributed by atoms with Gasteiger partial charge in [0.25, 0.3) is 0 Å². The van der Waals surface area contributed by atoms with E-state index in [4.69, 9.17) is 0 Å². The van der Waals surface area contributed by atoms with Crippen molar-refractivity contribution in [2.45, 2.75) is 50.7 Å².